The standard InChI is InChI=1S/C16H15ClN2O2/c17-12-3-1-2-10(6-12)7-13(18)11-4-5-15-14(8-11)19-16(20)9-21-15/h1-6,8,13H,7,9,18H2,(H,19,20). The zero-order chi connectivity index (χ0) is 14.8. The van der Waals surface area contributed by atoms with Crippen LogP contribution < -0.4 is 15.8 Å². The molecule has 1 aliphatic rings. The number of anilines is 1. The van der Waals surface area contributed by atoms with Crippen LogP contribution in [0, 0.1) is 0 Å². The molecule has 0 aliphatic carbocycles. The summed E-state index contributed by atoms with van der Waals surface area (Å²) in [5.74, 6) is 0.524. The second-order valence-electron chi connectivity index (χ2n) is 5.03. The van der Waals surface area contributed by atoms with Crippen molar-refractivity contribution in [2.24, 2.45) is 5.73 Å². The Morgan fingerprint density at radius 1 is 1.29 bits per heavy atom. The van der Waals surface area contributed by atoms with Crippen molar-refractivity contribution in [3.63, 3.8) is 0 Å². The van der Waals surface area contributed by atoms with Crippen molar-refractivity contribution in [2.45, 2.75) is 12.5 Å². The van der Waals surface area contributed by atoms with E-state index < -0.39 is 0 Å². The Bertz CT molecular complexity index is 688. The third kappa shape index (κ3) is 3.17. The van der Waals surface area contributed by atoms with Gasteiger partial charge in [-0.05, 0) is 41.8 Å². The first-order valence-electron chi connectivity index (χ1n) is 6.68. The van der Waals surface area contributed by atoms with Crippen molar-refractivity contribution in [2.75, 3.05) is 11.9 Å². The summed E-state index contributed by atoms with van der Waals surface area (Å²) >= 11 is 5.98. The summed E-state index contributed by atoms with van der Waals surface area (Å²) in [4.78, 5) is 11.4. The first-order valence-corrected chi connectivity index (χ1v) is 7.06. The first-order chi connectivity index (χ1) is 10.1. The summed E-state index contributed by atoms with van der Waals surface area (Å²) in [5.41, 5.74) is 8.94. The van der Waals surface area contributed by atoms with Crippen LogP contribution in [0.1, 0.15) is 17.2 Å². The van der Waals surface area contributed by atoms with Crippen LogP contribution in [0.3, 0.4) is 0 Å². The van der Waals surface area contributed by atoms with Gasteiger partial charge in [0, 0.05) is 11.1 Å². The lowest BCUT2D eigenvalue weighted by atomic mass is 9.99. The van der Waals surface area contributed by atoms with Gasteiger partial charge in [0.25, 0.3) is 5.91 Å². The molecule has 1 atom stereocenters. The number of nitrogens with one attached hydrogen (secondary N) is 1. The maximum Gasteiger partial charge on any atom is 0.262 e. The van der Waals surface area contributed by atoms with Crippen LogP contribution in [0.4, 0.5) is 5.69 Å². The van der Waals surface area contributed by atoms with Crippen molar-refractivity contribution in [1.82, 2.24) is 0 Å². The molecule has 1 heterocycles. The molecule has 0 fully saturated rings. The molecular formula is C16H15ClN2O2. The van der Waals surface area contributed by atoms with Gasteiger partial charge in [0.05, 0.1) is 5.69 Å². The third-order valence-electron chi connectivity index (χ3n) is 3.41. The topological polar surface area (TPSA) is 64.3 Å². The monoisotopic (exact) mass is 302 g/mol. The van der Waals surface area contributed by atoms with Gasteiger partial charge in [0.2, 0.25) is 0 Å². The van der Waals surface area contributed by atoms with Crippen molar-refractivity contribution in [1.29, 1.82) is 0 Å². The van der Waals surface area contributed by atoms with Gasteiger partial charge in [0.1, 0.15) is 5.75 Å². The lowest BCUT2D eigenvalue weighted by Crippen LogP contribution is -2.25. The molecule has 0 radical (unpaired) electrons. The van der Waals surface area contributed by atoms with Gasteiger partial charge in [-0.25, -0.2) is 0 Å². The van der Waals surface area contributed by atoms with Crippen LogP contribution in [0.2, 0.25) is 5.02 Å². The molecule has 1 unspecified atom stereocenters. The fourth-order valence-electron chi connectivity index (χ4n) is 2.37. The Morgan fingerprint density at radius 2 is 2.14 bits per heavy atom. The second kappa shape index (κ2) is 5.76. The van der Waals surface area contributed by atoms with Gasteiger partial charge in [0.15, 0.2) is 6.61 Å². The maximum absolute atomic E-state index is 11.4. The average molecular weight is 303 g/mol. The number of fused-ring (bicyclic) bond motifs is 1. The van der Waals surface area contributed by atoms with Gasteiger partial charge in [-0.3, -0.25) is 4.79 Å². The Kier molecular flexibility index (Phi) is 3.82. The number of ether oxygens (including phenoxy) is 1. The highest BCUT2D eigenvalue weighted by molar-refractivity contribution is 6.30. The number of hydrogen-bond acceptors (Lipinski definition) is 3. The molecule has 108 valence electrons. The summed E-state index contributed by atoms with van der Waals surface area (Å²) in [6.45, 7) is 0.0565. The summed E-state index contributed by atoms with van der Waals surface area (Å²) < 4.78 is 5.33. The van der Waals surface area contributed by atoms with Gasteiger partial charge in [-0.1, -0.05) is 29.8 Å². The van der Waals surface area contributed by atoms with Gasteiger partial charge in [-0.2, -0.15) is 0 Å². The van der Waals surface area contributed by atoms with Crippen LogP contribution in [0.25, 0.3) is 0 Å². The quantitative estimate of drug-likeness (QED) is 0.916. The van der Waals surface area contributed by atoms with Crippen LogP contribution in [0.15, 0.2) is 42.5 Å². The number of rotatable bonds is 3. The van der Waals surface area contributed by atoms with E-state index in [1.165, 1.54) is 0 Å². The number of benzene rings is 2. The molecule has 21 heavy (non-hydrogen) atoms. The summed E-state index contributed by atoms with van der Waals surface area (Å²) in [7, 11) is 0. The van der Waals surface area contributed by atoms with Crippen molar-refractivity contribution < 1.29 is 9.53 Å². The summed E-state index contributed by atoms with van der Waals surface area (Å²) in [6, 6.07) is 13.1. The van der Waals surface area contributed by atoms with Crippen molar-refractivity contribution in [3.8, 4) is 5.75 Å². The minimum atomic E-state index is -0.174. The normalized spacial score (nSPS) is 14.9. The van der Waals surface area contributed by atoms with Crippen LogP contribution >= 0.6 is 11.6 Å². The SMILES string of the molecule is NC(Cc1cccc(Cl)c1)c1ccc2c(c1)NC(=O)CO2. The van der Waals surface area contributed by atoms with Gasteiger partial charge >= 0.3 is 0 Å². The van der Waals surface area contributed by atoms with E-state index in [0.717, 1.165) is 11.1 Å². The van der Waals surface area contributed by atoms with Crippen molar-refractivity contribution in [3.05, 3.63) is 58.6 Å². The fraction of sp³-hybridized carbons (Fsp3) is 0.188. The lowest BCUT2D eigenvalue weighted by Gasteiger charge is -2.20. The van der Waals surface area contributed by atoms with Gasteiger partial charge in [-0.15, -0.1) is 0 Å². The zero-order valence-corrected chi connectivity index (χ0v) is 12.1. The largest absolute Gasteiger partial charge is 0.482 e. The molecule has 0 aromatic heterocycles. The van der Waals surface area contributed by atoms with Gasteiger partial charge < -0.3 is 15.8 Å². The first kappa shape index (κ1) is 13.9. The summed E-state index contributed by atoms with van der Waals surface area (Å²) in [5, 5.41) is 3.49. The fourth-order valence-corrected chi connectivity index (χ4v) is 2.58. The predicted molar refractivity (Wildman–Crippen MR) is 82.7 cm³/mol. The number of amides is 1. The second-order valence-corrected chi connectivity index (χ2v) is 5.47. The minimum absolute atomic E-state index is 0.0565. The number of nitrogens with two attached hydrogens (primary N) is 1. The molecule has 5 heteroatoms. The molecular weight excluding hydrogens is 288 g/mol. The number of carbonyl (C=O) groups excluding carboxylic acids is 1. The van der Waals surface area contributed by atoms with E-state index in [0.29, 0.717) is 22.9 Å². The Labute approximate surface area is 127 Å². The van der Waals surface area contributed by atoms with Crippen LogP contribution in [-0.4, -0.2) is 12.5 Å². The molecule has 0 spiro atoms. The Balaban J connectivity index is 1.80. The molecule has 1 amide bonds. The molecule has 0 bridgehead atoms. The third-order valence-corrected chi connectivity index (χ3v) is 3.64. The van der Waals surface area contributed by atoms with E-state index >= 15 is 0 Å². The van der Waals surface area contributed by atoms with E-state index in [4.69, 9.17) is 22.1 Å². The number of hydrogen-bond donors (Lipinski definition) is 2. The molecule has 0 saturated carbocycles. The van der Waals surface area contributed by atoms with Crippen molar-refractivity contribution >= 4 is 23.2 Å². The molecule has 3 N–H and O–H groups in total. The number of halogens is 1. The predicted octanol–water partition coefficient (Wildman–Crippen LogP) is 2.91. The van der Waals surface area contributed by atoms with Crippen LogP contribution in [0.5, 0.6) is 5.75 Å². The minimum Gasteiger partial charge on any atom is -0.482 e. The Hall–Kier alpha value is -2.04. The highest BCUT2D eigenvalue weighted by Gasteiger charge is 2.17. The highest BCUT2D eigenvalue weighted by atomic mass is 35.5. The molecule has 2 aromatic rings. The Morgan fingerprint density at radius 3 is 2.95 bits per heavy atom. The molecule has 0 saturated heterocycles. The van der Waals surface area contributed by atoms with E-state index in [2.05, 4.69) is 5.32 Å². The van der Waals surface area contributed by atoms with E-state index in [1.54, 1.807) is 0 Å². The maximum atomic E-state index is 11.4. The highest BCUT2D eigenvalue weighted by Crippen LogP contribution is 2.31. The van der Waals surface area contributed by atoms with E-state index in [9.17, 15) is 4.79 Å². The smallest absolute Gasteiger partial charge is 0.262 e. The van der Waals surface area contributed by atoms with Crippen LogP contribution in [-0.2, 0) is 11.2 Å². The average Bonchev–Trinajstić information content (AvgIpc) is 2.46. The van der Waals surface area contributed by atoms with E-state index in [1.807, 2.05) is 42.5 Å². The zero-order valence-electron chi connectivity index (χ0n) is 11.3. The molecule has 3 rings (SSSR count). The number of carbonyl (C=O) groups is 1. The molecule has 4 nitrogen and oxygen atoms in total. The molecule has 2 aromatic carbocycles. The lowest BCUT2D eigenvalue weighted by molar-refractivity contribution is -0.118. The molecule has 1 aliphatic heterocycles. The summed E-state index contributed by atoms with van der Waals surface area (Å²) in [6.07, 6.45) is 0.675. The van der Waals surface area contributed by atoms with E-state index in [-0.39, 0.29) is 18.6 Å².